The summed E-state index contributed by atoms with van der Waals surface area (Å²) in [5, 5.41) is 0. The first-order valence-corrected chi connectivity index (χ1v) is 1.61. The zero-order chi connectivity index (χ0) is 2.99. The van der Waals surface area contributed by atoms with Gasteiger partial charge in [0, 0.05) is 0 Å². The molecular weight excluding hydrogens is 50.0 g/mol. The Morgan fingerprint density at radius 3 is 1.75 bits per heavy atom. The maximum Gasteiger partial charge on any atom is -0.0710 e. The van der Waals surface area contributed by atoms with Crippen molar-refractivity contribution in [3.8, 4) is 0 Å². The summed E-state index contributed by atoms with van der Waals surface area (Å²) in [5.41, 5.74) is 6.69. The molecule has 0 heterocycles. The van der Waals surface area contributed by atoms with Gasteiger partial charge in [-0.25, -0.2) is 0 Å². The van der Waals surface area contributed by atoms with E-state index in [2.05, 4.69) is 0 Å². The summed E-state index contributed by atoms with van der Waals surface area (Å²) in [5.74, 6) is 0. The van der Waals surface area contributed by atoms with Crippen LogP contribution in [0.15, 0.2) is 0 Å². The van der Waals surface area contributed by atoms with Gasteiger partial charge in [0.05, 0.1) is 0 Å². The number of hydrogen-bond acceptors (Lipinski definition) is 0. The Kier molecular flexibility index (Phi) is 0.256. The van der Waals surface area contributed by atoms with Crippen LogP contribution in [0.1, 0.15) is 12.8 Å². The fourth-order valence-electron chi connectivity index (χ4n) is 0.0833. The van der Waals surface area contributed by atoms with Gasteiger partial charge in [-0.3, -0.25) is 0 Å². The topological polar surface area (TPSA) is 23.8 Å². The van der Waals surface area contributed by atoms with E-state index in [0.29, 0.717) is 6.04 Å². The molecule has 1 nitrogen and oxygen atoms in total. The molecule has 1 N–H and O–H groups in total. The summed E-state index contributed by atoms with van der Waals surface area (Å²) >= 11 is 0. The average molecular weight is 56.1 g/mol. The quantitative estimate of drug-likeness (QED) is 0.398. The molecular formula is C3H6N-. The average Bonchev–Trinajstić information content (AvgIpc) is 1.75. The van der Waals surface area contributed by atoms with Crippen LogP contribution in [0.3, 0.4) is 0 Å². The van der Waals surface area contributed by atoms with Crippen LogP contribution in [0.4, 0.5) is 0 Å². The van der Waals surface area contributed by atoms with E-state index >= 15 is 0 Å². The van der Waals surface area contributed by atoms with E-state index < -0.39 is 0 Å². The molecule has 1 aliphatic rings. The lowest BCUT2D eigenvalue weighted by Crippen LogP contribution is -1.51. The van der Waals surface area contributed by atoms with Crippen LogP contribution in [0, 0.1) is 0 Å². The zero-order valence-electron chi connectivity index (χ0n) is 2.49. The van der Waals surface area contributed by atoms with Gasteiger partial charge >= 0.3 is 0 Å². The van der Waals surface area contributed by atoms with Crippen LogP contribution in [0.5, 0.6) is 0 Å². The zero-order valence-corrected chi connectivity index (χ0v) is 2.49. The molecule has 0 bridgehead atoms. The van der Waals surface area contributed by atoms with E-state index in [0.717, 1.165) is 12.8 Å². The molecule has 0 aliphatic heterocycles. The van der Waals surface area contributed by atoms with Crippen molar-refractivity contribution in [3.05, 3.63) is 5.73 Å². The molecule has 0 aromatic rings. The van der Waals surface area contributed by atoms with Gasteiger partial charge in [0.15, 0.2) is 0 Å². The molecule has 0 atom stereocenters. The summed E-state index contributed by atoms with van der Waals surface area (Å²) in [7, 11) is 0. The summed E-state index contributed by atoms with van der Waals surface area (Å²) < 4.78 is 0. The highest BCUT2D eigenvalue weighted by Crippen LogP contribution is 2.20. The van der Waals surface area contributed by atoms with Crippen LogP contribution in [0.25, 0.3) is 5.73 Å². The van der Waals surface area contributed by atoms with Gasteiger partial charge in [0.1, 0.15) is 0 Å². The second-order valence-electron chi connectivity index (χ2n) is 1.27. The third-order valence-corrected chi connectivity index (χ3v) is 0.577. The van der Waals surface area contributed by atoms with Gasteiger partial charge in [-0.1, -0.05) is 12.8 Å². The van der Waals surface area contributed by atoms with E-state index in [1.54, 1.807) is 0 Å². The standard InChI is InChI=1S/C3H6N/c4-3-1-2-3/h3-4H,1-2H2/q-1. The fourth-order valence-corrected chi connectivity index (χ4v) is 0.0833. The van der Waals surface area contributed by atoms with Crippen LogP contribution in [0.2, 0.25) is 0 Å². The maximum absolute atomic E-state index is 6.69. The lowest BCUT2D eigenvalue weighted by atomic mass is 10.8. The largest absolute Gasteiger partial charge is 0.675 e. The van der Waals surface area contributed by atoms with Gasteiger partial charge in [0.2, 0.25) is 0 Å². The fraction of sp³-hybridized carbons (Fsp3) is 1.00. The number of nitrogens with one attached hydrogen (secondary N) is 1. The first-order valence-electron chi connectivity index (χ1n) is 1.61. The Morgan fingerprint density at radius 2 is 1.75 bits per heavy atom. The predicted molar refractivity (Wildman–Crippen MR) is 17.3 cm³/mol. The second-order valence-corrected chi connectivity index (χ2v) is 1.27. The van der Waals surface area contributed by atoms with Crippen LogP contribution in [-0.2, 0) is 0 Å². The lowest BCUT2D eigenvalue weighted by Gasteiger charge is -1.78. The molecule has 0 radical (unpaired) electrons. The molecule has 1 aliphatic carbocycles. The molecule has 1 heteroatoms. The highest BCUT2D eigenvalue weighted by molar-refractivity contribution is 4.87. The lowest BCUT2D eigenvalue weighted by molar-refractivity contribution is 1.32. The maximum atomic E-state index is 6.69. The monoisotopic (exact) mass is 56.1 g/mol. The molecule has 1 saturated carbocycles. The van der Waals surface area contributed by atoms with Crippen molar-refractivity contribution in [2.75, 3.05) is 0 Å². The molecule has 0 spiro atoms. The minimum Gasteiger partial charge on any atom is -0.675 e. The van der Waals surface area contributed by atoms with Crippen molar-refractivity contribution in [1.82, 2.24) is 0 Å². The number of rotatable bonds is 0. The molecule has 0 aromatic heterocycles. The Balaban J connectivity index is 2.17. The van der Waals surface area contributed by atoms with Gasteiger partial charge in [0.25, 0.3) is 0 Å². The normalized spacial score (nSPS) is 26.2. The SMILES string of the molecule is [NH-]C1CC1. The third-order valence-electron chi connectivity index (χ3n) is 0.577. The van der Waals surface area contributed by atoms with E-state index in [4.69, 9.17) is 5.73 Å². The van der Waals surface area contributed by atoms with Crippen molar-refractivity contribution in [3.63, 3.8) is 0 Å². The predicted octanol–water partition coefficient (Wildman–Crippen LogP) is 1.20. The van der Waals surface area contributed by atoms with Crippen molar-refractivity contribution < 1.29 is 0 Å². The Bertz CT molecular complexity index is 22.5. The van der Waals surface area contributed by atoms with Gasteiger partial charge in [-0.05, 0) is 0 Å². The van der Waals surface area contributed by atoms with Crippen molar-refractivity contribution >= 4 is 0 Å². The van der Waals surface area contributed by atoms with Gasteiger partial charge in [-0.15, -0.1) is 6.04 Å². The highest BCUT2D eigenvalue weighted by atomic mass is 14.7. The molecule has 0 unspecified atom stereocenters. The molecule has 24 valence electrons. The van der Waals surface area contributed by atoms with E-state index in [-0.39, 0.29) is 0 Å². The molecule has 1 rings (SSSR count). The van der Waals surface area contributed by atoms with Crippen molar-refractivity contribution in [2.24, 2.45) is 0 Å². The van der Waals surface area contributed by atoms with E-state index in [9.17, 15) is 0 Å². The minimum absolute atomic E-state index is 0.333. The van der Waals surface area contributed by atoms with Gasteiger partial charge in [-0.2, -0.15) is 0 Å². The summed E-state index contributed by atoms with van der Waals surface area (Å²) in [6, 6.07) is 0.333. The minimum atomic E-state index is 0.333. The Morgan fingerprint density at radius 1 is 1.50 bits per heavy atom. The number of hydrogen-bond donors (Lipinski definition) is 0. The Hall–Kier alpha value is -0.0400. The van der Waals surface area contributed by atoms with Crippen LogP contribution in [-0.4, -0.2) is 6.04 Å². The van der Waals surface area contributed by atoms with Crippen molar-refractivity contribution in [1.29, 1.82) is 0 Å². The van der Waals surface area contributed by atoms with E-state index in [1.165, 1.54) is 0 Å². The van der Waals surface area contributed by atoms with E-state index in [1.807, 2.05) is 0 Å². The Labute approximate surface area is 25.8 Å². The summed E-state index contributed by atoms with van der Waals surface area (Å²) in [6.07, 6.45) is 2.31. The smallest absolute Gasteiger partial charge is 0.0710 e. The molecule has 1 fully saturated rings. The molecule has 0 amide bonds. The molecule has 4 heavy (non-hydrogen) atoms. The van der Waals surface area contributed by atoms with Crippen LogP contribution < -0.4 is 0 Å². The van der Waals surface area contributed by atoms with Crippen molar-refractivity contribution in [2.45, 2.75) is 18.9 Å². The summed E-state index contributed by atoms with van der Waals surface area (Å²) in [6.45, 7) is 0. The van der Waals surface area contributed by atoms with Crippen LogP contribution >= 0.6 is 0 Å². The first kappa shape index (κ1) is 2.21. The van der Waals surface area contributed by atoms with Gasteiger partial charge < -0.3 is 5.73 Å². The summed E-state index contributed by atoms with van der Waals surface area (Å²) in [4.78, 5) is 0. The molecule has 0 aromatic carbocycles. The first-order chi connectivity index (χ1) is 1.89. The highest BCUT2D eigenvalue weighted by Gasteiger charge is 2.04. The molecule has 0 saturated heterocycles. The second kappa shape index (κ2) is 0.462. The third kappa shape index (κ3) is 0.206.